The van der Waals surface area contributed by atoms with Gasteiger partial charge in [0.2, 0.25) is 0 Å². The van der Waals surface area contributed by atoms with Crippen molar-refractivity contribution in [2.45, 2.75) is 6.10 Å². The number of carbonyl (C=O) groups excluding carboxylic acids is 1. The van der Waals surface area contributed by atoms with Gasteiger partial charge in [-0.15, -0.1) is 0 Å². The summed E-state index contributed by atoms with van der Waals surface area (Å²) in [5.41, 5.74) is -0.0456. The van der Waals surface area contributed by atoms with Crippen molar-refractivity contribution in [3.05, 3.63) is 78.4 Å². The Morgan fingerprint density at radius 1 is 0.800 bits per heavy atom. The van der Waals surface area contributed by atoms with E-state index in [9.17, 15) is 20.1 Å². The Bertz CT molecular complexity index is 1220. The molecule has 0 aromatic heterocycles. The van der Waals surface area contributed by atoms with Crippen LogP contribution in [0, 0.1) is 0 Å². The second-order valence-corrected chi connectivity index (χ2v) is 6.97. The number of benzene rings is 4. The van der Waals surface area contributed by atoms with Gasteiger partial charge >= 0.3 is 5.97 Å². The van der Waals surface area contributed by atoms with Crippen LogP contribution in [-0.4, -0.2) is 40.6 Å². The van der Waals surface area contributed by atoms with Gasteiger partial charge in [-0.2, -0.15) is 0 Å². The Hall–Kier alpha value is -3.77. The molecule has 1 atom stereocenters. The molecule has 0 saturated carbocycles. The summed E-state index contributed by atoms with van der Waals surface area (Å²) in [5, 5.41) is 33.2. The predicted octanol–water partition coefficient (Wildman–Crippen LogP) is 4.00. The Labute approximate surface area is 172 Å². The topological polar surface area (TPSA) is 96.2 Å². The van der Waals surface area contributed by atoms with E-state index in [0.717, 1.165) is 10.8 Å². The largest absolute Gasteiger partial charge is 0.508 e. The van der Waals surface area contributed by atoms with Crippen molar-refractivity contribution in [3.63, 3.8) is 0 Å². The highest BCUT2D eigenvalue weighted by Gasteiger charge is 2.16. The molecule has 0 saturated heterocycles. The van der Waals surface area contributed by atoms with Gasteiger partial charge in [0.15, 0.2) is 0 Å². The number of hydrogen-bond acceptors (Lipinski definition) is 6. The molecule has 0 aliphatic rings. The average Bonchev–Trinajstić information content (AvgIpc) is 2.75. The predicted molar refractivity (Wildman–Crippen MR) is 113 cm³/mol. The van der Waals surface area contributed by atoms with E-state index in [1.54, 1.807) is 6.07 Å². The zero-order valence-corrected chi connectivity index (χ0v) is 16.0. The second-order valence-electron chi connectivity index (χ2n) is 6.97. The van der Waals surface area contributed by atoms with Crippen LogP contribution in [0.5, 0.6) is 17.2 Å². The van der Waals surface area contributed by atoms with Gasteiger partial charge in [0.25, 0.3) is 0 Å². The van der Waals surface area contributed by atoms with Crippen LogP contribution in [-0.2, 0) is 4.74 Å². The number of phenols is 2. The zero-order chi connectivity index (χ0) is 21.1. The SMILES string of the molecule is O=C(OCC(O)COc1ccc2ccccc2c1)c1cc2cc(O)ccc2cc1O. The molecule has 0 amide bonds. The first-order valence-corrected chi connectivity index (χ1v) is 9.42. The minimum atomic E-state index is -1.04. The lowest BCUT2D eigenvalue weighted by atomic mass is 10.1. The third kappa shape index (κ3) is 4.29. The Balaban J connectivity index is 1.36. The van der Waals surface area contributed by atoms with E-state index in [-0.39, 0.29) is 30.3 Å². The lowest BCUT2D eigenvalue weighted by Crippen LogP contribution is -2.25. The number of hydrogen-bond donors (Lipinski definition) is 3. The summed E-state index contributed by atoms with van der Waals surface area (Å²) in [5.74, 6) is -0.359. The molecule has 3 N–H and O–H groups in total. The number of ether oxygens (including phenoxy) is 2. The molecule has 0 heterocycles. The van der Waals surface area contributed by atoms with Crippen LogP contribution in [0.4, 0.5) is 0 Å². The van der Waals surface area contributed by atoms with Crippen molar-refractivity contribution in [3.8, 4) is 17.2 Å². The van der Waals surface area contributed by atoms with Gasteiger partial charge in [-0.05, 0) is 57.9 Å². The molecule has 152 valence electrons. The lowest BCUT2D eigenvalue weighted by molar-refractivity contribution is 0.0128. The standard InChI is InChI=1S/C24H20O6/c25-19-7-5-17-12-23(27)22(11-18(17)9-19)24(28)30-14-20(26)13-29-21-8-6-15-3-1-2-4-16(15)10-21/h1-12,20,25-27H,13-14H2. The molecule has 6 heteroatoms. The van der Waals surface area contributed by atoms with E-state index in [4.69, 9.17) is 9.47 Å². The van der Waals surface area contributed by atoms with Gasteiger partial charge < -0.3 is 24.8 Å². The number of aliphatic hydroxyl groups excluding tert-OH is 1. The summed E-state index contributed by atoms with van der Waals surface area (Å²) >= 11 is 0. The molecule has 0 aliphatic heterocycles. The lowest BCUT2D eigenvalue weighted by Gasteiger charge is -2.14. The molecule has 30 heavy (non-hydrogen) atoms. The van der Waals surface area contributed by atoms with E-state index in [2.05, 4.69) is 0 Å². The molecule has 0 radical (unpaired) electrons. The number of aliphatic hydroxyl groups is 1. The van der Waals surface area contributed by atoms with Crippen molar-refractivity contribution >= 4 is 27.5 Å². The number of rotatable bonds is 6. The van der Waals surface area contributed by atoms with Crippen molar-refractivity contribution in [1.29, 1.82) is 0 Å². The third-order valence-electron chi connectivity index (χ3n) is 4.73. The first-order valence-electron chi connectivity index (χ1n) is 9.42. The number of phenolic OH excluding ortho intramolecular Hbond substituents is 2. The molecule has 0 spiro atoms. The highest BCUT2D eigenvalue weighted by molar-refractivity contribution is 5.98. The van der Waals surface area contributed by atoms with E-state index in [1.807, 2.05) is 42.5 Å². The summed E-state index contributed by atoms with van der Waals surface area (Å²) in [7, 11) is 0. The van der Waals surface area contributed by atoms with Crippen LogP contribution in [0.3, 0.4) is 0 Å². The summed E-state index contributed by atoms with van der Waals surface area (Å²) in [4.78, 5) is 12.3. The van der Waals surface area contributed by atoms with Crippen molar-refractivity contribution in [2.24, 2.45) is 0 Å². The molecule has 0 bridgehead atoms. The van der Waals surface area contributed by atoms with Gasteiger partial charge in [0.05, 0.1) is 0 Å². The number of fused-ring (bicyclic) bond motifs is 2. The van der Waals surface area contributed by atoms with Gasteiger partial charge in [-0.3, -0.25) is 0 Å². The number of esters is 1. The molecular weight excluding hydrogens is 384 g/mol. The molecule has 4 aromatic rings. The summed E-state index contributed by atoms with van der Waals surface area (Å²) in [6, 6.07) is 20.9. The van der Waals surface area contributed by atoms with Crippen LogP contribution in [0.25, 0.3) is 21.5 Å². The van der Waals surface area contributed by atoms with Crippen molar-refractivity contribution in [2.75, 3.05) is 13.2 Å². The van der Waals surface area contributed by atoms with Crippen LogP contribution in [0.2, 0.25) is 0 Å². The highest BCUT2D eigenvalue weighted by Crippen LogP contribution is 2.28. The van der Waals surface area contributed by atoms with Crippen molar-refractivity contribution < 1.29 is 29.6 Å². The first-order chi connectivity index (χ1) is 14.5. The van der Waals surface area contributed by atoms with Gasteiger partial charge in [-0.1, -0.05) is 36.4 Å². The van der Waals surface area contributed by atoms with Crippen LogP contribution in [0.1, 0.15) is 10.4 Å². The first kappa shape index (κ1) is 19.5. The van der Waals surface area contributed by atoms with Crippen LogP contribution >= 0.6 is 0 Å². The average molecular weight is 404 g/mol. The summed E-state index contributed by atoms with van der Waals surface area (Å²) in [6.45, 7) is -0.340. The van der Waals surface area contributed by atoms with Gasteiger partial charge in [0.1, 0.15) is 42.1 Å². The van der Waals surface area contributed by atoms with Gasteiger partial charge in [0, 0.05) is 0 Å². The molecule has 4 aromatic carbocycles. The van der Waals surface area contributed by atoms with Crippen molar-refractivity contribution in [1.82, 2.24) is 0 Å². The third-order valence-corrected chi connectivity index (χ3v) is 4.73. The van der Waals surface area contributed by atoms with E-state index in [1.165, 1.54) is 24.3 Å². The molecule has 0 fully saturated rings. The van der Waals surface area contributed by atoms with E-state index >= 15 is 0 Å². The minimum Gasteiger partial charge on any atom is -0.508 e. The minimum absolute atomic E-state index is 0.0456. The monoisotopic (exact) mass is 404 g/mol. The maximum absolute atomic E-state index is 12.3. The second kappa shape index (κ2) is 8.31. The van der Waals surface area contributed by atoms with E-state index < -0.39 is 12.1 Å². The van der Waals surface area contributed by atoms with Gasteiger partial charge in [-0.25, -0.2) is 4.79 Å². The van der Waals surface area contributed by atoms with Crippen LogP contribution in [0.15, 0.2) is 72.8 Å². The fourth-order valence-electron chi connectivity index (χ4n) is 3.18. The van der Waals surface area contributed by atoms with E-state index in [0.29, 0.717) is 16.5 Å². The number of carbonyl (C=O) groups is 1. The molecular formula is C24H20O6. The fourth-order valence-corrected chi connectivity index (χ4v) is 3.18. The Morgan fingerprint density at radius 3 is 2.37 bits per heavy atom. The van der Waals surface area contributed by atoms with Crippen LogP contribution < -0.4 is 4.74 Å². The zero-order valence-electron chi connectivity index (χ0n) is 16.0. The number of aromatic hydroxyl groups is 2. The normalized spacial score (nSPS) is 12.0. The fraction of sp³-hybridized carbons (Fsp3) is 0.125. The summed E-state index contributed by atoms with van der Waals surface area (Å²) in [6.07, 6.45) is -1.04. The smallest absolute Gasteiger partial charge is 0.342 e. The molecule has 0 aliphatic carbocycles. The summed E-state index contributed by atoms with van der Waals surface area (Å²) < 4.78 is 10.7. The highest BCUT2D eigenvalue weighted by atomic mass is 16.5. The molecule has 6 nitrogen and oxygen atoms in total. The Kier molecular flexibility index (Phi) is 5.41. The Morgan fingerprint density at radius 2 is 1.53 bits per heavy atom. The maximum Gasteiger partial charge on any atom is 0.342 e. The molecule has 1 unspecified atom stereocenters. The maximum atomic E-state index is 12.3. The quantitative estimate of drug-likeness (QED) is 0.421. The molecule has 4 rings (SSSR count).